The van der Waals surface area contributed by atoms with E-state index in [0.717, 1.165) is 20.5 Å². The molecule has 0 fully saturated rings. The molecule has 2 rings (SSSR count). The molecule has 1 heterocycles. The Morgan fingerprint density at radius 1 is 1.33 bits per heavy atom. The van der Waals surface area contributed by atoms with E-state index in [1.54, 1.807) is 13.4 Å². The Morgan fingerprint density at radius 3 is 2.73 bits per heavy atom. The van der Waals surface area contributed by atoms with Gasteiger partial charge in [0.1, 0.15) is 16.7 Å². The fourth-order valence-electron chi connectivity index (χ4n) is 1.30. The summed E-state index contributed by atoms with van der Waals surface area (Å²) in [6, 6.07) is 5.85. The Labute approximate surface area is 104 Å². The van der Waals surface area contributed by atoms with E-state index in [1.807, 2.05) is 29.0 Å². The molecule has 0 bridgehead atoms. The predicted octanol–water partition coefficient (Wildman–Crippen LogP) is 3.41. The molecule has 0 atom stereocenters. The summed E-state index contributed by atoms with van der Waals surface area (Å²) in [5.74, 6) is 0.800. The van der Waals surface area contributed by atoms with Crippen LogP contribution in [0, 0.1) is 0 Å². The van der Waals surface area contributed by atoms with Crippen molar-refractivity contribution in [1.82, 2.24) is 9.55 Å². The third-order valence-corrected chi connectivity index (χ3v) is 2.87. The first kappa shape index (κ1) is 10.7. The SMILES string of the molecule is COc1cc(Br)ccc1-n1cnc(Br)c1. The van der Waals surface area contributed by atoms with Gasteiger partial charge in [-0.25, -0.2) is 4.98 Å². The Kier molecular flexibility index (Phi) is 3.11. The average Bonchev–Trinajstić information content (AvgIpc) is 2.64. The summed E-state index contributed by atoms with van der Waals surface area (Å²) < 4.78 is 8.98. The number of halogens is 2. The van der Waals surface area contributed by atoms with E-state index < -0.39 is 0 Å². The highest BCUT2D eigenvalue weighted by atomic mass is 79.9. The van der Waals surface area contributed by atoms with Crippen molar-refractivity contribution in [2.45, 2.75) is 0 Å². The van der Waals surface area contributed by atoms with Crippen LogP contribution in [-0.4, -0.2) is 16.7 Å². The van der Waals surface area contributed by atoms with Gasteiger partial charge in [0.15, 0.2) is 0 Å². The topological polar surface area (TPSA) is 27.1 Å². The van der Waals surface area contributed by atoms with Gasteiger partial charge in [-0.05, 0) is 34.1 Å². The lowest BCUT2D eigenvalue weighted by atomic mass is 10.3. The molecule has 1 aromatic carbocycles. The summed E-state index contributed by atoms with van der Waals surface area (Å²) in [6.45, 7) is 0. The number of rotatable bonds is 2. The van der Waals surface area contributed by atoms with Crippen molar-refractivity contribution in [2.24, 2.45) is 0 Å². The van der Waals surface area contributed by atoms with Crippen LogP contribution in [0.5, 0.6) is 5.75 Å². The highest BCUT2D eigenvalue weighted by molar-refractivity contribution is 9.10. The second kappa shape index (κ2) is 4.37. The van der Waals surface area contributed by atoms with E-state index in [2.05, 4.69) is 36.8 Å². The van der Waals surface area contributed by atoms with Crippen LogP contribution in [0.3, 0.4) is 0 Å². The first-order valence-corrected chi connectivity index (χ1v) is 5.82. The lowest BCUT2D eigenvalue weighted by molar-refractivity contribution is 0.412. The number of nitrogens with zero attached hydrogens (tertiary/aromatic N) is 2. The lowest BCUT2D eigenvalue weighted by Crippen LogP contribution is -1.95. The molecule has 0 aliphatic rings. The maximum absolute atomic E-state index is 5.30. The largest absolute Gasteiger partial charge is 0.495 e. The van der Waals surface area contributed by atoms with Crippen molar-refractivity contribution in [1.29, 1.82) is 0 Å². The average molecular weight is 332 g/mol. The van der Waals surface area contributed by atoms with Gasteiger partial charge in [-0.1, -0.05) is 15.9 Å². The molecule has 0 unspecified atom stereocenters. The van der Waals surface area contributed by atoms with Crippen molar-refractivity contribution in [3.05, 3.63) is 39.8 Å². The molecule has 0 N–H and O–H groups in total. The molecule has 5 heteroatoms. The number of benzene rings is 1. The van der Waals surface area contributed by atoms with Gasteiger partial charge in [-0.3, -0.25) is 0 Å². The molecule has 1 aromatic heterocycles. The summed E-state index contributed by atoms with van der Waals surface area (Å²) >= 11 is 6.71. The Hall–Kier alpha value is -0.810. The number of imidazole rings is 1. The third kappa shape index (κ3) is 2.23. The van der Waals surface area contributed by atoms with E-state index >= 15 is 0 Å². The second-order valence-electron chi connectivity index (χ2n) is 2.92. The van der Waals surface area contributed by atoms with Crippen molar-refractivity contribution < 1.29 is 4.74 Å². The quantitative estimate of drug-likeness (QED) is 0.843. The van der Waals surface area contributed by atoms with Crippen LogP contribution >= 0.6 is 31.9 Å². The molecular formula is C10H8Br2N2O. The van der Waals surface area contributed by atoms with Crippen LogP contribution < -0.4 is 4.74 Å². The zero-order valence-electron chi connectivity index (χ0n) is 7.95. The summed E-state index contributed by atoms with van der Waals surface area (Å²) in [7, 11) is 1.65. The summed E-state index contributed by atoms with van der Waals surface area (Å²) in [5, 5.41) is 0. The minimum absolute atomic E-state index is 0.799. The number of aromatic nitrogens is 2. The highest BCUT2D eigenvalue weighted by Gasteiger charge is 2.06. The molecule has 0 radical (unpaired) electrons. The standard InChI is InChI=1S/C10H8Br2N2O/c1-15-9-4-7(11)2-3-8(9)14-5-10(12)13-6-14/h2-6H,1H3. The van der Waals surface area contributed by atoms with Gasteiger partial charge in [-0.15, -0.1) is 0 Å². The monoisotopic (exact) mass is 330 g/mol. The van der Waals surface area contributed by atoms with Crippen LogP contribution in [0.1, 0.15) is 0 Å². The smallest absolute Gasteiger partial charge is 0.144 e. The van der Waals surface area contributed by atoms with Gasteiger partial charge in [0, 0.05) is 10.7 Å². The van der Waals surface area contributed by atoms with Crippen molar-refractivity contribution >= 4 is 31.9 Å². The number of hydrogen-bond acceptors (Lipinski definition) is 2. The molecule has 0 aliphatic carbocycles. The van der Waals surface area contributed by atoms with Crippen LogP contribution in [0.2, 0.25) is 0 Å². The molecular weight excluding hydrogens is 324 g/mol. The normalized spacial score (nSPS) is 10.3. The minimum atomic E-state index is 0.799. The summed E-state index contributed by atoms with van der Waals surface area (Å²) in [6.07, 6.45) is 3.61. The molecule has 15 heavy (non-hydrogen) atoms. The van der Waals surface area contributed by atoms with Crippen LogP contribution in [0.25, 0.3) is 5.69 Å². The Balaban J connectivity index is 2.52. The molecule has 3 nitrogen and oxygen atoms in total. The summed E-state index contributed by atoms with van der Waals surface area (Å²) in [5.41, 5.74) is 0.957. The maximum atomic E-state index is 5.30. The number of hydrogen-bond donors (Lipinski definition) is 0. The predicted molar refractivity (Wildman–Crippen MR) is 65.5 cm³/mol. The van der Waals surface area contributed by atoms with Crippen LogP contribution in [0.4, 0.5) is 0 Å². The Morgan fingerprint density at radius 2 is 2.13 bits per heavy atom. The molecule has 0 saturated heterocycles. The molecule has 0 amide bonds. The van der Waals surface area contributed by atoms with Gasteiger partial charge in [0.25, 0.3) is 0 Å². The summed E-state index contributed by atoms with van der Waals surface area (Å²) in [4.78, 5) is 4.10. The molecule has 0 spiro atoms. The molecule has 0 aliphatic heterocycles. The first-order chi connectivity index (χ1) is 7.20. The zero-order chi connectivity index (χ0) is 10.8. The van der Waals surface area contributed by atoms with Gasteiger partial charge < -0.3 is 9.30 Å². The maximum Gasteiger partial charge on any atom is 0.144 e. The van der Waals surface area contributed by atoms with Crippen molar-refractivity contribution in [2.75, 3.05) is 7.11 Å². The first-order valence-electron chi connectivity index (χ1n) is 4.24. The fraction of sp³-hybridized carbons (Fsp3) is 0.100. The highest BCUT2D eigenvalue weighted by Crippen LogP contribution is 2.27. The van der Waals surface area contributed by atoms with Crippen molar-refractivity contribution in [3.8, 4) is 11.4 Å². The Bertz CT molecular complexity index is 482. The molecule has 0 saturated carbocycles. The second-order valence-corrected chi connectivity index (χ2v) is 4.65. The fourth-order valence-corrected chi connectivity index (χ4v) is 1.95. The van der Waals surface area contributed by atoms with E-state index in [4.69, 9.17) is 4.74 Å². The van der Waals surface area contributed by atoms with E-state index in [9.17, 15) is 0 Å². The van der Waals surface area contributed by atoms with Gasteiger partial charge >= 0.3 is 0 Å². The number of ether oxygens (including phenoxy) is 1. The van der Waals surface area contributed by atoms with E-state index in [-0.39, 0.29) is 0 Å². The zero-order valence-corrected chi connectivity index (χ0v) is 11.1. The molecule has 2 aromatic rings. The molecule has 78 valence electrons. The van der Waals surface area contributed by atoms with E-state index in [1.165, 1.54) is 0 Å². The van der Waals surface area contributed by atoms with Gasteiger partial charge in [0.05, 0.1) is 12.8 Å². The third-order valence-electron chi connectivity index (χ3n) is 1.97. The number of methoxy groups -OCH3 is 1. The van der Waals surface area contributed by atoms with Crippen molar-refractivity contribution in [3.63, 3.8) is 0 Å². The van der Waals surface area contributed by atoms with Gasteiger partial charge in [-0.2, -0.15) is 0 Å². The lowest BCUT2D eigenvalue weighted by Gasteiger charge is -2.08. The van der Waals surface area contributed by atoms with E-state index in [0.29, 0.717) is 0 Å². The minimum Gasteiger partial charge on any atom is -0.495 e. The van der Waals surface area contributed by atoms with Crippen LogP contribution in [0.15, 0.2) is 39.8 Å². The van der Waals surface area contributed by atoms with Gasteiger partial charge in [0.2, 0.25) is 0 Å². The van der Waals surface area contributed by atoms with Crippen LogP contribution in [-0.2, 0) is 0 Å².